The van der Waals surface area contributed by atoms with Crippen LogP contribution in [0.5, 0.6) is 0 Å². The van der Waals surface area contributed by atoms with Gasteiger partial charge in [0.15, 0.2) is 6.10 Å². The van der Waals surface area contributed by atoms with E-state index in [0.717, 1.165) is 57.8 Å². The van der Waals surface area contributed by atoms with Crippen LogP contribution in [0, 0.1) is 0 Å². The van der Waals surface area contributed by atoms with E-state index >= 15 is 0 Å². The molecule has 0 aromatic heterocycles. The van der Waals surface area contributed by atoms with Gasteiger partial charge in [-0.1, -0.05) is 288 Å². The molecule has 0 heterocycles. The number of nitrogens with zero attached hydrogens (tertiary/aromatic N) is 1. The molecule has 0 aliphatic carbocycles. The lowest BCUT2D eigenvalue weighted by molar-refractivity contribution is -0.870. The maximum absolute atomic E-state index is 12.8. The zero-order chi connectivity index (χ0) is 54.9. The Morgan fingerprint density at radius 3 is 1.07 bits per heavy atom. The third-order valence-corrected chi connectivity index (χ3v) is 15.4. The number of carbonyl (C=O) groups excluding carboxylic acids is 2. The fourth-order valence-electron chi connectivity index (χ4n) is 9.43. The molecule has 0 amide bonds. The topological polar surface area (TPSA) is 111 Å². The van der Waals surface area contributed by atoms with Crippen LogP contribution in [0.2, 0.25) is 0 Å². The van der Waals surface area contributed by atoms with Crippen LogP contribution in [-0.4, -0.2) is 70.0 Å². The van der Waals surface area contributed by atoms with E-state index in [0.29, 0.717) is 17.4 Å². The van der Waals surface area contributed by atoms with Crippen molar-refractivity contribution in [2.24, 2.45) is 0 Å². The van der Waals surface area contributed by atoms with Crippen molar-refractivity contribution in [3.63, 3.8) is 0 Å². The average molecular weight is 1080 g/mol. The third kappa shape index (κ3) is 61.3. The van der Waals surface area contributed by atoms with Gasteiger partial charge in [0.2, 0.25) is 0 Å². The van der Waals surface area contributed by atoms with E-state index in [1.165, 1.54) is 225 Å². The van der Waals surface area contributed by atoms with Crippen LogP contribution < -0.4 is 4.89 Å². The summed E-state index contributed by atoms with van der Waals surface area (Å²) in [5.41, 5.74) is 0. The molecule has 0 rings (SSSR count). The van der Waals surface area contributed by atoms with Gasteiger partial charge in [-0.25, -0.2) is 0 Å². The molecule has 10 heteroatoms. The average Bonchev–Trinajstić information content (AvgIpc) is 3.37. The Morgan fingerprint density at radius 2 is 0.720 bits per heavy atom. The fourth-order valence-corrected chi connectivity index (χ4v) is 10.2. The minimum Gasteiger partial charge on any atom is -0.756 e. The number of phosphoric ester groups is 1. The summed E-state index contributed by atoms with van der Waals surface area (Å²) >= 11 is 0. The molecule has 0 aromatic rings. The Balaban J connectivity index is 4.08. The van der Waals surface area contributed by atoms with Gasteiger partial charge in [-0.15, -0.1) is 0 Å². The first-order valence-electron chi connectivity index (χ1n) is 32.2. The summed E-state index contributed by atoms with van der Waals surface area (Å²) in [6, 6.07) is 0. The van der Waals surface area contributed by atoms with Gasteiger partial charge < -0.3 is 27.9 Å². The molecule has 442 valence electrons. The molecule has 75 heavy (non-hydrogen) atoms. The Morgan fingerprint density at radius 1 is 0.413 bits per heavy atom. The lowest BCUT2D eigenvalue weighted by Crippen LogP contribution is -2.37. The maximum Gasteiger partial charge on any atom is 0.306 e. The van der Waals surface area contributed by atoms with Gasteiger partial charge in [-0.2, -0.15) is 0 Å². The molecular formula is C65H124NO8P. The van der Waals surface area contributed by atoms with E-state index < -0.39 is 26.5 Å². The first-order chi connectivity index (χ1) is 36.5. The highest BCUT2D eigenvalue weighted by molar-refractivity contribution is 7.45. The molecule has 0 saturated carbocycles. The summed E-state index contributed by atoms with van der Waals surface area (Å²) in [5.74, 6) is -0.821. The summed E-state index contributed by atoms with van der Waals surface area (Å²) in [5, 5.41) is 0. The quantitative estimate of drug-likeness (QED) is 0.0195. The van der Waals surface area contributed by atoms with Crippen molar-refractivity contribution in [3.05, 3.63) is 36.5 Å². The van der Waals surface area contributed by atoms with Crippen LogP contribution in [-0.2, 0) is 32.7 Å². The molecule has 2 unspecified atom stereocenters. The number of ether oxygens (including phenoxy) is 2. The van der Waals surface area contributed by atoms with Crippen LogP contribution in [0.1, 0.15) is 316 Å². The summed E-state index contributed by atoms with van der Waals surface area (Å²) in [7, 11) is 1.18. The number of hydrogen-bond acceptors (Lipinski definition) is 8. The van der Waals surface area contributed by atoms with Gasteiger partial charge in [0, 0.05) is 12.8 Å². The van der Waals surface area contributed by atoms with Crippen LogP contribution in [0.3, 0.4) is 0 Å². The monoisotopic (exact) mass is 1080 g/mol. The molecule has 9 nitrogen and oxygen atoms in total. The van der Waals surface area contributed by atoms with Crippen LogP contribution in [0.25, 0.3) is 0 Å². The Kier molecular flexibility index (Phi) is 55.6. The first-order valence-corrected chi connectivity index (χ1v) is 33.7. The van der Waals surface area contributed by atoms with Crippen molar-refractivity contribution in [3.8, 4) is 0 Å². The molecule has 0 N–H and O–H groups in total. The molecule has 2 atom stereocenters. The van der Waals surface area contributed by atoms with Gasteiger partial charge in [0.05, 0.1) is 27.7 Å². The van der Waals surface area contributed by atoms with Gasteiger partial charge in [-0.05, 0) is 51.4 Å². The van der Waals surface area contributed by atoms with E-state index in [1.807, 2.05) is 21.1 Å². The van der Waals surface area contributed by atoms with E-state index in [4.69, 9.17) is 18.5 Å². The first kappa shape index (κ1) is 73.2. The highest BCUT2D eigenvalue weighted by Crippen LogP contribution is 2.38. The normalized spacial score (nSPS) is 13.4. The molecule has 0 aromatic carbocycles. The van der Waals surface area contributed by atoms with Crippen molar-refractivity contribution in [2.75, 3.05) is 47.5 Å². The highest BCUT2D eigenvalue weighted by atomic mass is 31.2. The molecule has 0 saturated heterocycles. The lowest BCUT2D eigenvalue weighted by atomic mass is 10.0. The van der Waals surface area contributed by atoms with Crippen LogP contribution >= 0.6 is 7.82 Å². The Bertz CT molecular complexity index is 1360. The van der Waals surface area contributed by atoms with Crippen LogP contribution in [0.15, 0.2) is 36.5 Å². The number of esters is 2. The van der Waals surface area contributed by atoms with Gasteiger partial charge >= 0.3 is 11.9 Å². The molecule has 0 aliphatic rings. The highest BCUT2D eigenvalue weighted by Gasteiger charge is 2.22. The molecule has 0 fully saturated rings. The minimum atomic E-state index is -4.64. The summed E-state index contributed by atoms with van der Waals surface area (Å²) in [4.78, 5) is 38.0. The largest absolute Gasteiger partial charge is 0.756 e. The second-order valence-corrected chi connectivity index (χ2v) is 24.5. The number of unbranched alkanes of at least 4 members (excludes halogenated alkanes) is 40. The molecule has 0 radical (unpaired) electrons. The van der Waals surface area contributed by atoms with Crippen molar-refractivity contribution in [2.45, 2.75) is 322 Å². The van der Waals surface area contributed by atoms with Gasteiger partial charge in [0.25, 0.3) is 7.82 Å². The second-order valence-electron chi connectivity index (χ2n) is 23.1. The number of likely N-dealkylation sites (N-methyl/N-ethyl adjacent to an activating group) is 1. The minimum absolute atomic E-state index is 0.0300. The fraction of sp³-hybridized carbons (Fsp3) is 0.877. The molecule has 0 bridgehead atoms. The maximum atomic E-state index is 12.8. The molecule has 0 aliphatic heterocycles. The number of quaternary nitrogens is 1. The Hall–Kier alpha value is -1.77. The zero-order valence-corrected chi connectivity index (χ0v) is 51.2. The second kappa shape index (κ2) is 56.9. The third-order valence-electron chi connectivity index (χ3n) is 14.4. The number of allylic oxidation sites excluding steroid dienone is 6. The standard InChI is InChI=1S/C65H124NO8P/c1-6-8-10-12-14-16-18-20-22-24-26-28-30-32-34-35-37-39-41-43-45-47-49-51-53-55-57-64(67)71-61-63(62-73-75(69,70)72-60-59-66(3,4)5)74-65(68)58-56-54-52-50-48-46-44-42-40-38-36-33-31-29-27-25-23-21-19-17-15-13-11-9-7-2/h19,21,25,27,31,33,63H,6-18,20,22-24,26,28-30,32,34-62H2,1-5H3/b21-19-,27-25-,33-31-. The smallest absolute Gasteiger partial charge is 0.306 e. The summed E-state index contributed by atoms with van der Waals surface area (Å²) in [6.45, 7) is 4.28. The predicted molar refractivity (Wildman–Crippen MR) is 319 cm³/mol. The predicted octanol–water partition coefficient (Wildman–Crippen LogP) is 19.7. The number of carbonyl (C=O) groups is 2. The summed E-state index contributed by atoms with van der Waals surface area (Å²) < 4.78 is 34.3. The number of rotatable bonds is 60. The van der Waals surface area contributed by atoms with Crippen LogP contribution in [0.4, 0.5) is 0 Å². The molecule has 0 spiro atoms. The number of phosphoric acid groups is 1. The van der Waals surface area contributed by atoms with E-state index in [1.54, 1.807) is 0 Å². The van der Waals surface area contributed by atoms with E-state index in [9.17, 15) is 19.0 Å². The lowest BCUT2D eigenvalue weighted by Gasteiger charge is -2.28. The number of hydrogen-bond donors (Lipinski definition) is 0. The van der Waals surface area contributed by atoms with E-state index in [-0.39, 0.29) is 32.0 Å². The molecular weight excluding hydrogens is 954 g/mol. The summed E-state index contributed by atoms with van der Waals surface area (Å²) in [6.07, 6.45) is 70.6. The van der Waals surface area contributed by atoms with E-state index in [2.05, 4.69) is 50.3 Å². The Labute approximate surface area is 465 Å². The van der Waals surface area contributed by atoms with Crippen molar-refractivity contribution < 1.29 is 42.1 Å². The zero-order valence-electron chi connectivity index (χ0n) is 50.3. The SMILES string of the molecule is CCCCCCC/C=C\C/C=C\C/C=C\CCCCCCCCCCCCC(=O)OC(COC(=O)CCCCCCCCCCCCCCCCCCCCCCCCCCCC)COP(=O)([O-])OCC[N+](C)(C)C. The van der Waals surface area contributed by atoms with Gasteiger partial charge in [-0.3, -0.25) is 14.2 Å². The van der Waals surface area contributed by atoms with Crippen molar-refractivity contribution in [1.82, 2.24) is 0 Å². The van der Waals surface area contributed by atoms with Crippen molar-refractivity contribution in [1.29, 1.82) is 0 Å². The van der Waals surface area contributed by atoms with Gasteiger partial charge in [0.1, 0.15) is 19.8 Å². The van der Waals surface area contributed by atoms with Crippen molar-refractivity contribution >= 4 is 19.8 Å².